The van der Waals surface area contributed by atoms with E-state index in [2.05, 4.69) is 5.32 Å². The van der Waals surface area contributed by atoms with Crippen LogP contribution in [0.5, 0.6) is 0 Å². The molecule has 4 nitrogen and oxygen atoms in total. The summed E-state index contributed by atoms with van der Waals surface area (Å²) in [6.07, 6.45) is -2.57. The summed E-state index contributed by atoms with van der Waals surface area (Å²) in [5.41, 5.74) is 4.99. The maximum Gasteiger partial charge on any atom is 0.416 e. The third-order valence-corrected chi connectivity index (χ3v) is 2.94. The molecule has 0 aliphatic carbocycles. The predicted molar refractivity (Wildman–Crippen MR) is 71.9 cm³/mol. The number of anilines is 2. The minimum Gasteiger partial charge on any atom is -0.469 e. The van der Waals surface area contributed by atoms with Gasteiger partial charge in [0.05, 0.1) is 28.8 Å². The summed E-state index contributed by atoms with van der Waals surface area (Å²) >= 11 is 0. The summed E-state index contributed by atoms with van der Waals surface area (Å²) in [6, 6.07) is 4.27. The lowest BCUT2D eigenvalue weighted by atomic mass is 10.1. The van der Waals surface area contributed by atoms with Crippen LogP contribution in [0.1, 0.15) is 28.6 Å². The summed E-state index contributed by atoms with van der Waals surface area (Å²) in [6.45, 7) is 1.82. The maximum absolute atomic E-state index is 12.5. The van der Waals surface area contributed by atoms with Crippen LogP contribution in [0.25, 0.3) is 0 Å². The van der Waals surface area contributed by atoms with Crippen LogP contribution >= 0.6 is 0 Å². The highest BCUT2D eigenvalue weighted by atomic mass is 19.4. The zero-order valence-corrected chi connectivity index (χ0v) is 11.1. The van der Waals surface area contributed by atoms with Gasteiger partial charge in [-0.1, -0.05) is 6.92 Å². The number of furan rings is 1. The van der Waals surface area contributed by atoms with E-state index in [1.807, 2.05) is 6.92 Å². The van der Waals surface area contributed by atoms with Gasteiger partial charge in [-0.15, -0.1) is 0 Å². The van der Waals surface area contributed by atoms with E-state index in [1.165, 1.54) is 12.3 Å². The molecule has 0 fully saturated rings. The first-order valence-electron chi connectivity index (χ1n) is 6.17. The first kappa shape index (κ1) is 15.0. The summed E-state index contributed by atoms with van der Waals surface area (Å²) in [7, 11) is 0. The Labute approximate surface area is 118 Å². The minimum atomic E-state index is -4.48. The zero-order valence-electron chi connectivity index (χ0n) is 11.1. The second-order valence-electron chi connectivity index (χ2n) is 4.36. The molecule has 0 atom stereocenters. The van der Waals surface area contributed by atoms with Gasteiger partial charge in [0.15, 0.2) is 0 Å². The molecule has 21 heavy (non-hydrogen) atoms. The molecule has 1 aromatic carbocycles. The molecule has 2 rings (SSSR count). The van der Waals surface area contributed by atoms with Gasteiger partial charge in [0.1, 0.15) is 5.76 Å². The molecule has 112 valence electrons. The Morgan fingerprint density at radius 3 is 2.62 bits per heavy atom. The molecule has 0 spiro atoms. The Morgan fingerprint density at radius 2 is 2.05 bits per heavy atom. The van der Waals surface area contributed by atoms with E-state index in [0.717, 1.165) is 18.2 Å². The van der Waals surface area contributed by atoms with Gasteiger partial charge in [-0.3, -0.25) is 4.79 Å². The molecule has 0 saturated carbocycles. The van der Waals surface area contributed by atoms with Crippen molar-refractivity contribution in [1.82, 2.24) is 0 Å². The molecule has 0 saturated heterocycles. The Balaban J connectivity index is 2.22. The lowest BCUT2D eigenvalue weighted by Gasteiger charge is -2.11. The number of carbonyl (C=O) groups excluding carboxylic acids is 1. The first-order chi connectivity index (χ1) is 9.82. The van der Waals surface area contributed by atoms with E-state index in [0.29, 0.717) is 17.7 Å². The van der Waals surface area contributed by atoms with Gasteiger partial charge in [0.2, 0.25) is 0 Å². The van der Waals surface area contributed by atoms with Gasteiger partial charge in [0, 0.05) is 6.42 Å². The third-order valence-electron chi connectivity index (χ3n) is 2.94. The predicted octanol–water partition coefficient (Wildman–Crippen LogP) is 3.70. The molecule has 2 aromatic rings. The van der Waals surface area contributed by atoms with E-state index in [4.69, 9.17) is 10.2 Å². The van der Waals surface area contributed by atoms with Crippen molar-refractivity contribution in [2.75, 3.05) is 11.1 Å². The second-order valence-corrected chi connectivity index (χ2v) is 4.36. The average Bonchev–Trinajstić information content (AvgIpc) is 2.88. The van der Waals surface area contributed by atoms with Crippen LogP contribution in [0.2, 0.25) is 0 Å². The monoisotopic (exact) mass is 298 g/mol. The molecule has 0 aliphatic heterocycles. The highest BCUT2D eigenvalue weighted by molar-refractivity contribution is 6.06. The van der Waals surface area contributed by atoms with Gasteiger partial charge in [-0.25, -0.2) is 0 Å². The van der Waals surface area contributed by atoms with Crippen molar-refractivity contribution in [2.45, 2.75) is 19.5 Å². The largest absolute Gasteiger partial charge is 0.469 e. The number of rotatable bonds is 3. The Morgan fingerprint density at radius 1 is 1.33 bits per heavy atom. The number of nitrogens with one attached hydrogen (secondary N) is 1. The third kappa shape index (κ3) is 3.18. The number of amides is 1. The summed E-state index contributed by atoms with van der Waals surface area (Å²) in [4.78, 5) is 12.0. The fourth-order valence-electron chi connectivity index (χ4n) is 1.86. The molecule has 1 heterocycles. The van der Waals surface area contributed by atoms with Crippen molar-refractivity contribution in [1.29, 1.82) is 0 Å². The molecule has 0 bridgehead atoms. The Kier molecular flexibility index (Phi) is 3.93. The lowest BCUT2D eigenvalue weighted by Crippen LogP contribution is -2.15. The van der Waals surface area contributed by atoms with E-state index in [1.54, 1.807) is 0 Å². The highest BCUT2D eigenvalue weighted by Crippen LogP contribution is 2.33. The van der Waals surface area contributed by atoms with E-state index < -0.39 is 17.6 Å². The summed E-state index contributed by atoms with van der Waals surface area (Å²) in [5, 5.41) is 2.47. The molecule has 7 heteroatoms. The number of hydrogen-bond donors (Lipinski definition) is 2. The van der Waals surface area contributed by atoms with Gasteiger partial charge >= 0.3 is 6.18 Å². The normalized spacial score (nSPS) is 11.4. The second kappa shape index (κ2) is 5.51. The molecule has 0 aliphatic rings. The first-order valence-corrected chi connectivity index (χ1v) is 6.17. The van der Waals surface area contributed by atoms with Crippen molar-refractivity contribution >= 4 is 17.3 Å². The quantitative estimate of drug-likeness (QED) is 0.849. The lowest BCUT2D eigenvalue weighted by molar-refractivity contribution is -0.137. The standard InChI is InChI=1S/C14H13F3N2O2/c1-2-12-9(5-6-21-12)13(20)19-11-4-3-8(7-10(11)18)14(15,16)17/h3-7H,2,18H2,1H3,(H,19,20). The van der Waals surface area contributed by atoms with Gasteiger partial charge in [0.25, 0.3) is 5.91 Å². The number of nitrogens with two attached hydrogens (primary N) is 1. The van der Waals surface area contributed by atoms with Crippen LogP contribution < -0.4 is 11.1 Å². The maximum atomic E-state index is 12.5. The van der Waals surface area contributed by atoms with E-state index >= 15 is 0 Å². The van der Waals surface area contributed by atoms with Crippen molar-refractivity contribution < 1.29 is 22.4 Å². The number of hydrogen-bond acceptors (Lipinski definition) is 3. The van der Waals surface area contributed by atoms with Crippen molar-refractivity contribution in [3.63, 3.8) is 0 Å². The summed E-state index contributed by atoms with van der Waals surface area (Å²) < 4.78 is 42.7. The number of nitrogen functional groups attached to an aromatic ring is 1. The Hall–Kier alpha value is -2.44. The van der Waals surface area contributed by atoms with Gasteiger partial charge in [-0.2, -0.15) is 13.2 Å². The highest BCUT2D eigenvalue weighted by Gasteiger charge is 2.31. The zero-order chi connectivity index (χ0) is 15.6. The number of alkyl halides is 3. The van der Waals surface area contributed by atoms with Gasteiger partial charge < -0.3 is 15.5 Å². The fraction of sp³-hybridized carbons (Fsp3) is 0.214. The van der Waals surface area contributed by atoms with Crippen LogP contribution in [0, 0.1) is 0 Å². The van der Waals surface area contributed by atoms with Crippen LogP contribution in [0.3, 0.4) is 0 Å². The SMILES string of the molecule is CCc1occc1C(=O)Nc1ccc(C(F)(F)F)cc1N. The minimum absolute atomic E-state index is 0.122. The van der Waals surface area contributed by atoms with Gasteiger partial charge in [-0.05, 0) is 24.3 Å². The average molecular weight is 298 g/mol. The number of halogens is 3. The topological polar surface area (TPSA) is 68.3 Å². The number of benzene rings is 1. The Bertz CT molecular complexity index is 662. The molecular formula is C14H13F3N2O2. The van der Waals surface area contributed by atoms with Crippen LogP contribution in [0.4, 0.5) is 24.5 Å². The molecule has 1 amide bonds. The smallest absolute Gasteiger partial charge is 0.416 e. The van der Waals surface area contributed by atoms with Crippen LogP contribution in [0.15, 0.2) is 34.9 Å². The van der Waals surface area contributed by atoms with Crippen molar-refractivity contribution in [2.24, 2.45) is 0 Å². The molecule has 0 unspecified atom stereocenters. The summed E-state index contributed by atoms with van der Waals surface area (Å²) in [5.74, 6) is 0.0186. The van der Waals surface area contributed by atoms with E-state index in [9.17, 15) is 18.0 Å². The fourth-order valence-corrected chi connectivity index (χ4v) is 1.86. The van der Waals surface area contributed by atoms with E-state index in [-0.39, 0.29) is 11.4 Å². The van der Waals surface area contributed by atoms with Crippen LogP contribution in [-0.4, -0.2) is 5.91 Å². The van der Waals surface area contributed by atoms with Crippen molar-refractivity contribution in [3.05, 3.63) is 47.4 Å². The number of carbonyl (C=O) groups is 1. The molecule has 0 radical (unpaired) electrons. The molecule has 3 N–H and O–H groups in total. The van der Waals surface area contributed by atoms with Crippen LogP contribution in [-0.2, 0) is 12.6 Å². The molecular weight excluding hydrogens is 285 g/mol. The van der Waals surface area contributed by atoms with Crippen molar-refractivity contribution in [3.8, 4) is 0 Å². The molecule has 1 aromatic heterocycles. The number of aryl methyl sites for hydroxylation is 1.